The van der Waals surface area contributed by atoms with E-state index in [9.17, 15) is 27.6 Å². The van der Waals surface area contributed by atoms with Gasteiger partial charge in [0, 0.05) is 25.8 Å². The van der Waals surface area contributed by atoms with Gasteiger partial charge in [0.25, 0.3) is 10.1 Å². The predicted octanol–water partition coefficient (Wildman–Crippen LogP) is -1.10. The van der Waals surface area contributed by atoms with Crippen molar-refractivity contribution in [3.8, 4) is 0 Å². The zero-order chi connectivity index (χ0) is 23.0. The second kappa shape index (κ2) is 6.50. The number of esters is 4. The maximum absolute atomic E-state index is 12.7. The summed E-state index contributed by atoms with van der Waals surface area (Å²) in [6.07, 6.45) is -2.68. The Morgan fingerprint density at radius 2 is 1.77 bits per heavy atom. The number of carbonyl (C=O) groups is 4. The highest BCUT2D eigenvalue weighted by molar-refractivity contribution is 7.87. The van der Waals surface area contributed by atoms with Gasteiger partial charge in [0.2, 0.25) is 0 Å². The highest BCUT2D eigenvalue weighted by Gasteiger charge is 3.03. The summed E-state index contributed by atoms with van der Waals surface area (Å²) in [6, 6.07) is 0. The lowest BCUT2D eigenvalue weighted by Crippen LogP contribution is -2.58. The molecular formula is C18H20O12S. The van der Waals surface area contributed by atoms with Crippen molar-refractivity contribution in [1.82, 2.24) is 0 Å². The van der Waals surface area contributed by atoms with Crippen molar-refractivity contribution in [3.63, 3.8) is 0 Å². The van der Waals surface area contributed by atoms with E-state index in [1.54, 1.807) is 0 Å². The summed E-state index contributed by atoms with van der Waals surface area (Å²) in [5, 5.41) is -1.52. The molecule has 4 fully saturated rings. The highest BCUT2D eigenvalue weighted by atomic mass is 32.2. The fourth-order valence-corrected chi connectivity index (χ4v) is 6.97. The number of ether oxygens (including phenoxy) is 5. The normalized spacial score (nSPS) is 39.9. The SMILES string of the molecule is C=C(C)C(=O)OCC(=O)OC1C2C34OC1(COC(C)=O)CC3(OC(C)=O)C4OS2(=O)=O. The topological polar surface area (TPSA) is 158 Å². The highest BCUT2D eigenvalue weighted by Crippen LogP contribution is 2.78. The second-order valence-corrected chi connectivity index (χ2v) is 9.74. The Hall–Kier alpha value is -2.51. The maximum Gasteiger partial charge on any atom is 0.344 e. The van der Waals surface area contributed by atoms with E-state index in [1.165, 1.54) is 6.92 Å². The van der Waals surface area contributed by atoms with Crippen LogP contribution in [0.25, 0.3) is 0 Å². The third-order valence-corrected chi connectivity index (χ3v) is 7.54. The van der Waals surface area contributed by atoms with Crippen LogP contribution in [0.5, 0.6) is 0 Å². The molecule has 3 aliphatic heterocycles. The van der Waals surface area contributed by atoms with Crippen molar-refractivity contribution in [3.05, 3.63) is 12.2 Å². The van der Waals surface area contributed by atoms with Crippen LogP contribution in [-0.4, -0.2) is 79.8 Å². The summed E-state index contributed by atoms with van der Waals surface area (Å²) in [4.78, 5) is 46.9. The molecule has 0 N–H and O–H groups in total. The van der Waals surface area contributed by atoms with Gasteiger partial charge in [0.1, 0.15) is 12.2 Å². The number of hydrogen-bond donors (Lipinski definition) is 0. The third kappa shape index (κ3) is 2.83. The number of hydrogen-bond acceptors (Lipinski definition) is 12. The van der Waals surface area contributed by atoms with E-state index in [4.69, 9.17) is 27.9 Å². The van der Waals surface area contributed by atoms with Gasteiger partial charge < -0.3 is 23.7 Å². The van der Waals surface area contributed by atoms with E-state index in [2.05, 4.69) is 6.58 Å². The summed E-state index contributed by atoms with van der Waals surface area (Å²) >= 11 is 0. The summed E-state index contributed by atoms with van der Waals surface area (Å²) in [5.41, 5.74) is -4.52. The van der Waals surface area contributed by atoms with Crippen LogP contribution >= 0.6 is 0 Å². The van der Waals surface area contributed by atoms with Gasteiger partial charge in [-0.15, -0.1) is 0 Å². The van der Waals surface area contributed by atoms with Crippen LogP contribution in [0.3, 0.4) is 0 Å². The van der Waals surface area contributed by atoms with E-state index in [0.717, 1.165) is 13.8 Å². The van der Waals surface area contributed by atoms with Gasteiger partial charge >= 0.3 is 23.9 Å². The minimum absolute atomic E-state index is 0.0556. The van der Waals surface area contributed by atoms with Crippen LogP contribution in [0.1, 0.15) is 27.2 Å². The Labute approximate surface area is 176 Å². The predicted molar refractivity (Wildman–Crippen MR) is 95.5 cm³/mol. The Balaban J connectivity index is 1.64. The molecule has 6 atom stereocenters. The second-order valence-electron chi connectivity index (χ2n) is 8.06. The maximum atomic E-state index is 12.7. The first kappa shape index (κ1) is 21.7. The molecule has 0 aromatic rings. The fourth-order valence-electron chi connectivity index (χ4n) is 4.88. The van der Waals surface area contributed by atoms with Crippen LogP contribution in [0.4, 0.5) is 0 Å². The number of rotatable bonds is 7. The smallest absolute Gasteiger partial charge is 0.344 e. The van der Waals surface area contributed by atoms with E-state index in [0.29, 0.717) is 0 Å². The van der Waals surface area contributed by atoms with Crippen molar-refractivity contribution in [2.75, 3.05) is 13.2 Å². The number of carbonyl (C=O) groups excluding carboxylic acids is 4. The molecule has 0 amide bonds. The molecule has 170 valence electrons. The average Bonchev–Trinajstić information content (AvgIpc) is 2.92. The van der Waals surface area contributed by atoms with Gasteiger partial charge in [-0.2, -0.15) is 8.42 Å². The van der Waals surface area contributed by atoms with Gasteiger partial charge in [0.05, 0.1) is 0 Å². The monoisotopic (exact) mass is 460 g/mol. The molecule has 31 heavy (non-hydrogen) atoms. The first-order chi connectivity index (χ1) is 14.3. The number of fused-ring (bicyclic) bond motifs is 2. The van der Waals surface area contributed by atoms with E-state index in [-0.39, 0.29) is 12.0 Å². The largest absolute Gasteiger partial charge is 0.463 e. The molecule has 0 aromatic heterocycles. The molecule has 0 radical (unpaired) electrons. The molecule has 1 saturated carbocycles. The van der Waals surface area contributed by atoms with Crippen molar-refractivity contribution >= 4 is 34.0 Å². The molecule has 0 aromatic carbocycles. The molecule has 2 bridgehead atoms. The van der Waals surface area contributed by atoms with Crippen molar-refractivity contribution in [2.45, 2.75) is 61.5 Å². The van der Waals surface area contributed by atoms with Crippen LogP contribution in [0.15, 0.2) is 12.2 Å². The van der Waals surface area contributed by atoms with Gasteiger partial charge in [-0.3, -0.25) is 13.8 Å². The standard InChI is InChI=1S/C18H20O12S/c1-8(2)14(22)25-5-11(21)27-12-13-18-15(29-31(13,23)24)17(18,28-10(4)20)6-16(12,30-18)7-26-9(3)19/h12-13,15H,1,5-7H2,2-4H3. The summed E-state index contributed by atoms with van der Waals surface area (Å²) in [6.45, 7) is 5.81. The van der Waals surface area contributed by atoms with Gasteiger partial charge in [-0.1, -0.05) is 6.58 Å². The third-order valence-electron chi connectivity index (χ3n) is 5.86. The lowest BCUT2D eigenvalue weighted by Gasteiger charge is -2.37. The van der Waals surface area contributed by atoms with Crippen LogP contribution in [0, 0.1) is 0 Å². The minimum Gasteiger partial charge on any atom is -0.463 e. The van der Waals surface area contributed by atoms with Crippen molar-refractivity contribution in [2.24, 2.45) is 0 Å². The van der Waals surface area contributed by atoms with Crippen molar-refractivity contribution < 1.29 is 55.5 Å². The molecule has 13 heteroatoms. The van der Waals surface area contributed by atoms with Crippen LogP contribution in [-0.2, 0) is 57.2 Å². The quantitative estimate of drug-likeness (QED) is 0.196. The molecule has 4 aliphatic rings. The fraction of sp³-hybridized carbons (Fsp3) is 0.667. The molecule has 1 spiro atoms. The average molecular weight is 460 g/mol. The van der Waals surface area contributed by atoms with E-state index in [1.807, 2.05) is 0 Å². The van der Waals surface area contributed by atoms with Gasteiger partial charge in [-0.05, 0) is 6.92 Å². The summed E-state index contributed by atoms with van der Waals surface area (Å²) < 4.78 is 57.0. The minimum atomic E-state index is -4.28. The zero-order valence-corrected chi connectivity index (χ0v) is 17.7. The molecular weight excluding hydrogens is 440 g/mol. The first-order valence-corrected chi connectivity index (χ1v) is 10.8. The van der Waals surface area contributed by atoms with Crippen LogP contribution in [0.2, 0.25) is 0 Å². The van der Waals surface area contributed by atoms with Crippen molar-refractivity contribution in [1.29, 1.82) is 0 Å². The Kier molecular flexibility index (Phi) is 4.55. The molecule has 4 rings (SSSR count). The Morgan fingerprint density at radius 3 is 2.35 bits per heavy atom. The molecule has 3 heterocycles. The lowest BCUT2D eigenvalue weighted by atomic mass is 9.83. The molecule has 6 unspecified atom stereocenters. The first-order valence-electron chi connectivity index (χ1n) is 9.29. The summed E-state index contributed by atoms with van der Waals surface area (Å²) in [7, 11) is -4.28. The van der Waals surface area contributed by atoms with E-state index >= 15 is 0 Å². The molecule has 1 aliphatic carbocycles. The van der Waals surface area contributed by atoms with Gasteiger partial charge in [-0.25, -0.2) is 9.59 Å². The molecule has 3 saturated heterocycles. The Bertz CT molecular complexity index is 1020. The van der Waals surface area contributed by atoms with Gasteiger partial charge in [0.15, 0.2) is 35.3 Å². The molecule has 12 nitrogen and oxygen atoms in total. The lowest BCUT2D eigenvalue weighted by molar-refractivity contribution is -0.180. The zero-order valence-electron chi connectivity index (χ0n) is 16.9. The Morgan fingerprint density at radius 1 is 1.10 bits per heavy atom. The van der Waals surface area contributed by atoms with Crippen LogP contribution < -0.4 is 0 Å². The summed E-state index contributed by atoms with van der Waals surface area (Å²) in [5.74, 6) is -3.23. The van der Waals surface area contributed by atoms with E-state index < -0.39 is 81.5 Å².